The average Bonchev–Trinajstić information content (AvgIpc) is 1.31. The van der Waals surface area contributed by atoms with E-state index in [4.69, 9.17) is 33.7 Å². The van der Waals surface area contributed by atoms with Crippen molar-refractivity contribution in [2.24, 2.45) is 0 Å². The molecule has 0 saturated carbocycles. The third-order valence-corrected chi connectivity index (χ3v) is 4.56. The molecule has 0 saturated heterocycles. The fraction of sp³-hybridized carbons (Fsp3) is 0. The Labute approximate surface area is 56.3 Å². The zero-order valence-electron chi connectivity index (χ0n) is 2.81. The molecule has 0 atom stereocenters. The quantitative estimate of drug-likeness (QED) is 0.563. The molecule has 2 nitrogen and oxygen atoms in total. The predicted molar refractivity (Wildman–Crippen MR) is 33.4 cm³/mol. The van der Waals surface area contributed by atoms with Gasteiger partial charge >= 0.3 is 0 Å². The molecular formula is Cl3O2PS. The summed E-state index contributed by atoms with van der Waals surface area (Å²) >= 11 is 14.7. The van der Waals surface area contributed by atoms with Gasteiger partial charge in [-0.2, -0.15) is 8.42 Å². The van der Waals surface area contributed by atoms with Crippen LogP contribution in [0.5, 0.6) is 0 Å². The Hall–Kier alpha value is 1.12. The molecule has 0 spiro atoms. The Balaban J connectivity index is 5.09. The molecule has 7 heavy (non-hydrogen) atoms. The first kappa shape index (κ1) is 8.12. The first-order chi connectivity index (χ1) is 2.94. The van der Waals surface area contributed by atoms with Gasteiger partial charge in [0, 0.05) is 0 Å². The van der Waals surface area contributed by atoms with Crippen LogP contribution in [0.3, 0.4) is 0 Å². The Morgan fingerprint density at radius 1 is 1.14 bits per heavy atom. The molecule has 0 N–H and O–H groups in total. The van der Waals surface area contributed by atoms with Crippen LogP contribution < -0.4 is 0 Å². The van der Waals surface area contributed by atoms with Gasteiger partial charge in [0.2, 0.25) is 9.88 Å². The molecule has 7 heteroatoms. The maximum Gasteiger partial charge on any atom is 0.260 e. The predicted octanol–water partition coefficient (Wildman–Crippen LogP) is 2.26. The van der Waals surface area contributed by atoms with Gasteiger partial charge in [-0.15, -0.1) is 0 Å². The van der Waals surface area contributed by atoms with Gasteiger partial charge in [-0.25, -0.2) is 0 Å². The van der Waals surface area contributed by atoms with Crippen molar-refractivity contribution in [1.29, 1.82) is 0 Å². The lowest BCUT2D eigenvalue weighted by molar-refractivity contribution is 0.628. The van der Waals surface area contributed by atoms with Gasteiger partial charge in [0.05, 0.1) is 0 Å². The van der Waals surface area contributed by atoms with Crippen molar-refractivity contribution in [3.8, 4) is 0 Å². The second-order valence-electron chi connectivity index (χ2n) is 0.616. The van der Waals surface area contributed by atoms with Crippen molar-refractivity contribution in [2.45, 2.75) is 0 Å². The summed E-state index contributed by atoms with van der Waals surface area (Å²) in [4.78, 5) is 0. The van der Waals surface area contributed by atoms with Crippen molar-refractivity contribution in [1.82, 2.24) is 0 Å². The highest BCUT2D eigenvalue weighted by Gasteiger charge is 2.06. The van der Waals surface area contributed by atoms with E-state index in [0.29, 0.717) is 0 Å². The summed E-state index contributed by atoms with van der Waals surface area (Å²) in [6.45, 7) is 0. The van der Waals surface area contributed by atoms with Gasteiger partial charge in [-0.3, -0.25) is 0 Å². The summed E-state index contributed by atoms with van der Waals surface area (Å²) in [7, 11) is -2.53. The summed E-state index contributed by atoms with van der Waals surface area (Å²) in [6, 6.07) is 0. The minimum Gasteiger partial charge on any atom is -0.182 e. The van der Waals surface area contributed by atoms with Crippen molar-refractivity contribution < 1.29 is 8.42 Å². The maximum absolute atomic E-state index is 9.67. The third kappa shape index (κ3) is 3.68. The Kier molecular flexibility index (Phi) is 3.02. The lowest BCUT2D eigenvalue weighted by atomic mass is 15.9. The van der Waals surface area contributed by atoms with Gasteiger partial charge in [0.15, 0.2) is 0 Å². The molecule has 0 amide bonds. The Bertz CT molecular complexity index is 179. The first-order valence-corrected chi connectivity index (χ1v) is 7.21. The molecule has 0 aliphatic carbocycles. The molecule has 0 unspecified atom stereocenters. The minimum absolute atomic E-state index is 2.53. The highest BCUT2D eigenvalue weighted by Crippen LogP contribution is 2.63. The van der Waals surface area contributed by atoms with Crippen LogP contribution in [-0.4, -0.2) is 8.42 Å². The largest absolute Gasteiger partial charge is 0.260 e. The van der Waals surface area contributed by atoms with Gasteiger partial charge in [0.1, 0.15) is 0 Å². The molecule has 0 aliphatic rings. The topological polar surface area (TPSA) is 34.1 Å². The molecule has 0 rings (SSSR count). The zero-order chi connectivity index (χ0) is 6.08. The molecule has 0 aromatic rings. The van der Waals surface area contributed by atoms with E-state index in [2.05, 4.69) is 0 Å². The summed E-state index contributed by atoms with van der Waals surface area (Å²) < 4.78 is 16.2. The Morgan fingerprint density at radius 2 is 1.29 bits per heavy atom. The summed E-state index contributed by atoms with van der Waals surface area (Å²) in [6.07, 6.45) is 0. The molecule has 0 aliphatic heterocycles. The van der Waals surface area contributed by atoms with Crippen LogP contribution in [-0.2, 0) is 9.88 Å². The van der Waals surface area contributed by atoms with E-state index in [1.165, 1.54) is 0 Å². The number of hydrogen-bond acceptors (Lipinski definition) is 2. The highest BCUT2D eigenvalue weighted by atomic mass is 36.1. The van der Waals surface area contributed by atoms with Crippen LogP contribution in [0.15, 0.2) is 0 Å². The van der Waals surface area contributed by atoms with Crippen LogP contribution in [0.1, 0.15) is 0 Å². The van der Waals surface area contributed by atoms with E-state index in [9.17, 15) is 8.42 Å². The molecule has 0 fully saturated rings. The summed E-state index contributed by atoms with van der Waals surface area (Å²) in [5.41, 5.74) is 0. The average molecular weight is 201 g/mol. The monoisotopic (exact) mass is 200 g/mol. The lowest BCUT2D eigenvalue weighted by Crippen LogP contribution is -1.45. The van der Waals surface area contributed by atoms with Crippen LogP contribution in [0.25, 0.3) is 0 Å². The standard InChI is InChI=1S/Cl3O2PS/c1-6(2,3)7(4)5. The van der Waals surface area contributed by atoms with E-state index in [1.807, 2.05) is 0 Å². The fourth-order valence-electron chi connectivity index (χ4n) is 0. The smallest absolute Gasteiger partial charge is 0.182 e. The van der Waals surface area contributed by atoms with Crippen LogP contribution in [0.2, 0.25) is 0 Å². The van der Waals surface area contributed by atoms with E-state index in [-0.39, 0.29) is 0 Å². The molecule has 0 bridgehead atoms. The minimum atomic E-state index is -3.15. The van der Waals surface area contributed by atoms with Gasteiger partial charge in [0.25, 0.3) is 4.10 Å². The normalized spacial score (nSPS) is 11.3. The lowest BCUT2D eigenvalue weighted by Gasteiger charge is -1.80. The highest BCUT2D eigenvalue weighted by molar-refractivity contribution is 8.53. The van der Waals surface area contributed by atoms with Crippen LogP contribution >= 0.6 is 37.8 Å². The Morgan fingerprint density at radius 3 is 1.29 bits per heavy atom. The molecule has 0 aromatic heterocycles. The first-order valence-electron chi connectivity index (χ1n) is 1.02. The second-order valence-corrected chi connectivity index (χ2v) is 12.3. The SMILES string of the molecule is O=S(=O)=P(Cl)(Cl)Cl. The van der Waals surface area contributed by atoms with Crippen molar-refractivity contribution >= 4 is 47.7 Å². The van der Waals surface area contributed by atoms with Crippen molar-refractivity contribution in [3.63, 3.8) is 0 Å². The summed E-state index contributed by atoms with van der Waals surface area (Å²) in [5, 5.41) is 0. The van der Waals surface area contributed by atoms with Crippen LogP contribution in [0, 0.1) is 0 Å². The molecule has 44 valence electrons. The van der Waals surface area contributed by atoms with Crippen molar-refractivity contribution in [2.75, 3.05) is 0 Å². The van der Waals surface area contributed by atoms with Gasteiger partial charge < -0.3 is 0 Å². The number of halogens is 3. The van der Waals surface area contributed by atoms with E-state index < -0.39 is 14.0 Å². The van der Waals surface area contributed by atoms with E-state index in [0.717, 1.165) is 0 Å². The molecule has 0 aromatic carbocycles. The number of hydrogen-bond donors (Lipinski definition) is 0. The van der Waals surface area contributed by atoms with E-state index >= 15 is 0 Å². The second kappa shape index (κ2) is 2.60. The maximum atomic E-state index is 9.67. The fourth-order valence-corrected chi connectivity index (χ4v) is 0. The van der Waals surface area contributed by atoms with E-state index in [1.54, 1.807) is 0 Å². The zero-order valence-corrected chi connectivity index (χ0v) is 6.78. The molecule has 0 radical (unpaired) electrons. The molecular weight excluding hydrogens is 201 g/mol. The summed E-state index contributed by atoms with van der Waals surface area (Å²) in [5.74, 6) is 0. The van der Waals surface area contributed by atoms with Crippen LogP contribution in [0.4, 0.5) is 0 Å². The third-order valence-electron chi connectivity index (χ3n) is 0.169. The number of rotatable bonds is 0. The van der Waals surface area contributed by atoms with Gasteiger partial charge in [-0.1, -0.05) is 0 Å². The van der Waals surface area contributed by atoms with Crippen molar-refractivity contribution in [3.05, 3.63) is 0 Å². The molecule has 0 heterocycles. The van der Waals surface area contributed by atoms with Gasteiger partial charge in [-0.05, 0) is 33.7 Å².